The van der Waals surface area contributed by atoms with Crippen LogP contribution in [0.25, 0.3) is 0 Å². The molecule has 1 heterocycles. The van der Waals surface area contributed by atoms with Gasteiger partial charge in [0.25, 0.3) is 5.91 Å². The van der Waals surface area contributed by atoms with Crippen LogP contribution < -0.4 is 0 Å². The predicted molar refractivity (Wildman–Crippen MR) is 66.7 cm³/mol. The molecular formula is C12H11BrClNO. The van der Waals surface area contributed by atoms with Crippen molar-refractivity contribution in [2.24, 2.45) is 11.8 Å². The van der Waals surface area contributed by atoms with E-state index in [9.17, 15) is 4.79 Å². The van der Waals surface area contributed by atoms with Crippen molar-refractivity contribution in [1.82, 2.24) is 4.90 Å². The quantitative estimate of drug-likeness (QED) is 0.780. The van der Waals surface area contributed by atoms with Gasteiger partial charge in [-0.25, -0.2) is 0 Å². The van der Waals surface area contributed by atoms with Crippen molar-refractivity contribution in [3.05, 3.63) is 33.3 Å². The normalized spacial score (nSPS) is 26.8. The van der Waals surface area contributed by atoms with Crippen LogP contribution >= 0.6 is 27.5 Å². The molecule has 1 saturated heterocycles. The van der Waals surface area contributed by atoms with Crippen molar-refractivity contribution in [3.8, 4) is 0 Å². The topological polar surface area (TPSA) is 20.3 Å². The molecule has 1 amide bonds. The summed E-state index contributed by atoms with van der Waals surface area (Å²) in [6.45, 7) is 1.82. The van der Waals surface area contributed by atoms with Crippen LogP contribution in [0.5, 0.6) is 0 Å². The summed E-state index contributed by atoms with van der Waals surface area (Å²) in [7, 11) is 0. The summed E-state index contributed by atoms with van der Waals surface area (Å²) in [5.74, 6) is 1.59. The van der Waals surface area contributed by atoms with Crippen molar-refractivity contribution in [2.45, 2.75) is 6.42 Å². The monoisotopic (exact) mass is 299 g/mol. The minimum atomic E-state index is 0.0681. The number of nitrogens with zero attached hydrogens (tertiary/aromatic N) is 1. The van der Waals surface area contributed by atoms with Crippen molar-refractivity contribution >= 4 is 33.4 Å². The number of hydrogen-bond acceptors (Lipinski definition) is 1. The van der Waals surface area contributed by atoms with Gasteiger partial charge >= 0.3 is 0 Å². The lowest BCUT2D eigenvalue weighted by Crippen LogP contribution is -2.30. The van der Waals surface area contributed by atoms with E-state index in [2.05, 4.69) is 15.9 Å². The number of halogens is 2. The van der Waals surface area contributed by atoms with E-state index in [4.69, 9.17) is 11.6 Å². The maximum atomic E-state index is 12.2. The summed E-state index contributed by atoms with van der Waals surface area (Å²) in [4.78, 5) is 14.1. The average Bonchev–Trinajstić information content (AvgIpc) is 2.88. The van der Waals surface area contributed by atoms with E-state index in [-0.39, 0.29) is 5.91 Å². The number of carbonyl (C=O) groups is 1. The summed E-state index contributed by atoms with van der Waals surface area (Å²) in [5.41, 5.74) is 0.609. The number of likely N-dealkylation sites (tertiary alicyclic amines) is 1. The van der Waals surface area contributed by atoms with Gasteiger partial charge in [0, 0.05) is 17.6 Å². The van der Waals surface area contributed by atoms with Gasteiger partial charge in [-0.3, -0.25) is 4.79 Å². The maximum absolute atomic E-state index is 12.2. The molecule has 2 nitrogen and oxygen atoms in total. The lowest BCUT2D eigenvalue weighted by molar-refractivity contribution is 0.0775. The zero-order chi connectivity index (χ0) is 11.3. The first kappa shape index (κ1) is 10.6. The molecule has 3 rings (SSSR count). The molecule has 2 atom stereocenters. The Morgan fingerprint density at radius 3 is 2.75 bits per heavy atom. The predicted octanol–water partition coefficient (Wildman–Crippen LogP) is 3.19. The maximum Gasteiger partial charge on any atom is 0.255 e. The van der Waals surface area contributed by atoms with Crippen LogP contribution in [0.1, 0.15) is 16.8 Å². The molecular weight excluding hydrogens is 289 g/mol. The van der Waals surface area contributed by atoms with E-state index in [0.717, 1.165) is 29.4 Å². The van der Waals surface area contributed by atoms with E-state index in [1.165, 1.54) is 6.42 Å². The zero-order valence-electron chi connectivity index (χ0n) is 8.62. The SMILES string of the molecule is O=C(c1cc(Br)ccc1Cl)N1CC2CC2C1. The highest BCUT2D eigenvalue weighted by Gasteiger charge is 2.46. The average molecular weight is 301 g/mol. The third-order valence-electron chi connectivity index (χ3n) is 3.42. The fourth-order valence-electron chi connectivity index (χ4n) is 2.40. The standard InChI is InChI=1S/C12H11BrClNO/c13-9-1-2-11(14)10(4-9)12(16)15-5-7-3-8(7)6-15/h1-2,4,7-8H,3,5-6H2. The number of piperidine rings is 1. The minimum Gasteiger partial charge on any atom is -0.338 e. The van der Waals surface area contributed by atoms with Gasteiger partial charge in [-0.05, 0) is 36.5 Å². The first-order valence-electron chi connectivity index (χ1n) is 5.39. The van der Waals surface area contributed by atoms with Gasteiger partial charge in [0.2, 0.25) is 0 Å². The smallest absolute Gasteiger partial charge is 0.255 e. The molecule has 1 aliphatic carbocycles. The van der Waals surface area contributed by atoms with Crippen LogP contribution in [0.3, 0.4) is 0 Å². The molecule has 0 spiro atoms. The highest BCUT2D eigenvalue weighted by atomic mass is 79.9. The first-order valence-corrected chi connectivity index (χ1v) is 6.56. The van der Waals surface area contributed by atoms with E-state index in [1.807, 2.05) is 11.0 Å². The fraction of sp³-hybridized carbons (Fsp3) is 0.417. The lowest BCUT2D eigenvalue weighted by atomic mass is 10.2. The van der Waals surface area contributed by atoms with Crippen LogP contribution in [0.15, 0.2) is 22.7 Å². The minimum absolute atomic E-state index is 0.0681. The largest absolute Gasteiger partial charge is 0.338 e. The Morgan fingerprint density at radius 1 is 1.38 bits per heavy atom. The highest BCUT2D eigenvalue weighted by molar-refractivity contribution is 9.10. The van der Waals surface area contributed by atoms with Crippen molar-refractivity contribution in [2.75, 3.05) is 13.1 Å². The Labute approximate surface area is 108 Å². The third kappa shape index (κ3) is 1.76. The molecule has 0 aromatic heterocycles. The highest BCUT2D eigenvalue weighted by Crippen LogP contribution is 2.45. The van der Waals surface area contributed by atoms with Crippen molar-refractivity contribution in [1.29, 1.82) is 0 Å². The van der Waals surface area contributed by atoms with E-state index < -0.39 is 0 Å². The van der Waals surface area contributed by atoms with Gasteiger partial charge in [-0.1, -0.05) is 27.5 Å². The second-order valence-corrected chi connectivity index (χ2v) is 5.91. The molecule has 4 heteroatoms. The van der Waals surface area contributed by atoms with Crippen LogP contribution in [-0.2, 0) is 0 Å². The van der Waals surface area contributed by atoms with E-state index in [1.54, 1.807) is 12.1 Å². The molecule has 1 aromatic rings. The third-order valence-corrected chi connectivity index (χ3v) is 4.25. The Balaban J connectivity index is 1.85. The van der Waals surface area contributed by atoms with Gasteiger partial charge < -0.3 is 4.90 Å². The summed E-state index contributed by atoms with van der Waals surface area (Å²) in [6, 6.07) is 5.41. The Kier molecular flexibility index (Phi) is 2.48. The van der Waals surface area contributed by atoms with E-state index in [0.29, 0.717) is 10.6 Å². The molecule has 0 radical (unpaired) electrons. The Morgan fingerprint density at radius 2 is 2.06 bits per heavy atom. The van der Waals surface area contributed by atoms with Gasteiger partial charge in [0.05, 0.1) is 10.6 Å². The van der Waals surface area contributed by atoms with Crippen LogP contribution in [0, 0.1) is 11.8 Å². The molecule has 0 bridgehead atoms. The first-order chi connectivity index (χ1) is 7.65. The Hall–Kier alpha value is -0.540. The molecule has 2 fully saturated rings. The van der Waals surface area contributed by atoms with Gasteiger partial charge in [-0.15, -0.1) is 0 Å². The van der Waals surface area contributed by atoms with Crippen molar-refractivity contribution in [3.63, 3.8) is 0 Å². The number of fused-ring (bicyclic) bond motifs is 1. The second-order valence-electron chi connectivity index (χ2n) is 4.59. The summed E-state index contributed by atoms with van der Waals surface area (Å²) < 4.78 is 0.893. The molecule has 84 valence electrons. The Bertz CT molecular complexity index is 452. The number of amides is 1. The van der Waals surface area contributed by atoms with Crippen molar-refractivity contribution < 1.29 is 4.79 Å². The number of benzene rings is 1. The number of carbonyl (C=O) groups excluding carboxylic acids is 1. The molecule has 2 aliphatic rings. The van der Waals surface area contributed by atoms with Gasteiger partial charge in [0.1, 0.15) is 0 Å². The van der Waals surface area contributed by atoms with Gasteiger partial charge in [-0.2, -0.15) is 0 Å². The molecule has 0 N–H and O–H groups in total. The second kappa shape index (κ2) is 3.74. The van der Waals surface area contributed by atoms with Crippen LogP contribution in [0.4, 0.5) is 0 Å². The molecule has 2 unspecified atom stereocenters. The molecule has 16 heavy (non-hydrogen) atoms. The summed E-state index contributed by atoms with van der Waals surface area (Å²) in [6.07, 6.45) is 1.30. The fourth-order valence-corrected chi connectivity index (χ4v) is 2.96. The molecule has 1 aliphatic heterocycles. The summed E-state index contributed by atoms with van der Waals surface area (Å²) >= 11 is 9.41. The van der Waals surface area contributed by atoms with Crippen LogP contribution in [0.2, 0.25) is 5.02 Å². The molecule has 1 saturated carbocycles. The van der Waals surface area contributed by atoms with Crippen LogP contribution in [-0.4, -0.2) is 23.9 Å². The number of hydrogen-bond donors (Lipinski definition) is 0. The van der Waals surface area contributed by atoms with E-state index >= 15 is 0 Å². The lowest BCUT2D eigenvalue weighted by Gasteiger charge is -2.18. The van der Waals surface area contributed by atoms with Gasteiger partial charge in [0.15, 0.2) is 0 Å². The zero-order valence-corrected chi connectivity index (χ0v) is 11.0. The molecule has 1 aromatic carbocycles. The number of rotatable bonds is 1. The summed E-state index contributed by atoms with van der Waals surface area (Å²) in [5, 5.41) is 0.536.